The van der Waals surface area contributed by atoms with Crippen LogP contribution < -0.4 is 10.5 Å². The summed E-state index contributed by atoms with van der Waals surface area (Å²) < 4.78 is 4.98. The minimum absolute atomic E-state index is 0.0283. The molecular formula is C15H19N3O6S. The standard InChI is InChI=1S/C15H19N3O6S/c1-8(17-14(20)7-13(15(17)21)25-4-3-16)9-5-12(24-2)11(19)6-10(9)18(22)23/h5-6,8,13,19H,3-4,7,16H2,1-2H3. The number of nitro benzene ring substituents is 1. The van der Waals surface area contributed by atoms with E-state index < -0.39 is 28.0 Å². The number of nitrogens with two attached hydrogens (primary N) is 1. The number of carbonyl (C=O) groups is 2. The molecule has 0 bridgehead atoms. The van der Waals surface area contributed by atoms with Gasteiger partial charge in [-0.3, -0.25) is 24.6 Å². The third-order valence-electron chi connectivity index (χ3n) is 3.94. The summed E-state index contributed by atoms with van der Waals surface area (Å²) in [5.74, 6) is -0.606. The van der Waals surface area contributed by atoms with E-state index in [1.165, 1.54) is 31.9 Å². The van der Waals surface area contributed by atoms with E-state index in [1.54, 1.807) is 0 Å². The molecule has 0 radical (unpaired) electrons. The number of rotatable bonds is 7. The third kappa shape index (κ3) is 3.69. The largest absolute Gasteiger partial charge is 0.504 e. The molecule has 3 N–H and O–H groups in total. The fourth-order valence-corrected chi connectivity index (χ4v) is 3.68. The van der Waals surface area contributed by atoms with Crippen LogP contribution in [-0.2, 0) is 9.59 Å². The molecular weight excluding hydrogens is 350 g/mol. The number of phenolic OH excluding ortho intramolecular Hbond substituents is 1. The minimum atomic E-state index is -0.863. The molecule has 1 aromatic rings. The van der Waals surface area contributed by atoms with E-state index >= 15 is 0 Å². The number of nitrogens with zero attached hydrogens (tertiary/aromatic N) is 2. The quantitative estimate of drug-likeness (QED) is 0.415. The van der Waals surface area contributed by atoms with Crippen molar-refractivity contribution in [3.63, 3.8) is 0 Å². The molecule has 1 aliphatic heterocycles. The molecule has 25 heavy (non-hydrogen) atoms. The first-order valence-corrected chi connectivity index (χ1v) is 8.59. The molecule has 136 valence electrons. The van der Waals surface area contributed by atoms with E-state index in [1.807, 2.05) is 0 Å². The Morgan fingerprint density at radius 3 is 2.76 bits per heavy atom. The number of likely N-dealkylation sites (tertiary alicyclic amines) is 1. The molecule has 1 aromatic carbocycles. The first kappa shape index (κ1) is 19.0. The number of hydrogen-bond donors (Lipinski definition) is 2. The number of aromatic hydroxyl groups is 1. The monoisotopic (exact) mass is 369 g/mol. The Kier molecular flexibility index (Phi) is 5.85. The third-order valence-corrected chi connectivity index (χ3v) is 5.18. The highest BCUT2D eigenvalue weighted by atomic mass is 32.2. The molecule has 0 aliphatic carbocycles. The van der Waals surface area contributed by atoms with Gasteiger partial charge in [-0.2, -0.15) is 0 Å². The number of nitro groups is 1. The Morgan fingerprint density at radius 1 is 1.52 bits per heavy atom. The summed E-state index contributed by atoms with van der Waals surface area (Å²) in [6, 6.07) is 1.37. The average molecular weight is 369 g/mol. The van der Waals surface area contributed by atoms with Gasteiger partial charge < -0.3 is 15.6 Å². The lowest BCUT2D eigenvalue weighted by Crippen LogP contribution is -2.34. The van der Waals surface area contributed by atoms with Gasteiger partial charge in [0.1, 0.15) is 0 Å². The van der Waals surface area contributed by atoms with Crippen molar-refractivity contribution in [3.05, 3.63) is 27.8 Å². The van der Waals surface area contributed by atoms with Crippen molar-refractivity contribution in [1.82, 2.24) is 4.90 Å². The predicted octanol–water partition coefficient (Wildman–Crippen LogP) is 1.19. The predicted molar refractivity (Wildman–Crippen MR) is 91.5 cm³/mol. The molecule has 0 saturated carbocycles. The minimum Gasteiger partial charge on any atom is -0.504 e. The van der Waals surface area contributed by atoms with Gasteiger partial charge in [-0.15, -0.1) is 11.8 Å². The molecule has 0 spiro atoms. The maximum absolute atomic E-state index is 12.5. The topological polar surface area (TPSA) is 136 Å². The second kappa shape index (κ2) is 7.70. The fourth-order valence-electron chi connectivity index (χ4n) is 2.74. The number of phenols is 1. The number of carbonyl (C=O) groups excluding carboxylic acids is 2. The maximum Gasteiger partial charge on any atom is 0.278 e. The zero-order valence-electron chi connectivity index (χ0n) is 13.8. The summed E-state index contributed by atoms with van der Waals surface area (Å²) in [5, 5.41) is 20.5. The summed E-state index contributed by atoms with van der Waals surface area (Å²) in [7, 11) is 1.31. The smallest absolute Gasteiger partial charge is 0.278 e. The summed E-state index contributed by atoms with van der Waals surface area (Å²) >= 11 is 1.30. The van der Waals surface area contributed by atoms with Gasteiger partial charge in [0.15, 0.2) is 11.5 Å². The molecule has 2 amide bonds. The fraction of sp³-hybridized carbons (Fsp3) is 0.467. The van der Waals surface area contributed by atoms with E-state index in [4.69, 9.17) is 10.5 Å². The number of hydrogen-bond acceptors (Lipinski definition) is 8. The number of amides is 2. The maximum atomic E-state index is 12.5. The van der Waals surface area contributed by atoms with Crippen LogP contribution in [0.3, 0.4) is 0 Å². The van der Waals surface area contributed by atoms with Crippen LogP contribution in [0.5, 0.6) is 11.5 Å². The number of imide groups is 1. The van der Waals surface area contributed by atoms with Crippen LogP contribution in [0.1, 0.15) is 24.9 Å². The molecule has 1 heterocycles. The Hall–Kier alpha value is -2.33. The summed E-state index contributed by atoms with van der Waals surface area (Å²) in [5.41, 5.74) is 5.16. The van der Waals surface area contributed by atoms with Gasteiger partial charge in [0.25, 0.3) is 5.69 Å². The molecule has 2 unspecified atom stereocenters. The van der Waals surface area contributed by atoms with Crippen LogP contribution in [-0.4, -0.2) is 51.4 Å². The van der Waals surface area contributed by atoms with E-state index in [0.29, 0.717) is 12.3 Å². The number of benzene rings is 1. The molecule has 1 saturated heterocycles. The van der Waals surface area contributed by atoms with Crippen LogP contribution in [0.15, 0.2) is 12.1 Å². The number of ether oxygens (including phenoxy) is 1. The van der Waals surface area contributed by atoms with Gasteiger partial charge in [-0.05, 0) is 13.0 Å². The number of thioether (sulfide) groups is 1. The van der Waals surface area contributed by atoms with Crippen molar-refractivity contribution in [2.24, 2.45) is 5.73 Å². The first-order chi connectivity index (χ1) is 11.8. The van der Waals surface area contributed by atoms with Gasteiger partial charge in [0.2, 0.25) is 11.8 Å². The van der Waals surface area contributed by atoms with E-state index in [9.17, 15) is 24.8 Å². The molecule has 1 fully saturated rings. The van der Waals surface area contributed by atoms with Gasteiger partial charge in [-0.25, -0.2) is 0 Å². The summed E-state index contributed by atoms with van der Waals surface area (Å²) in [6.07, 6.45) is 0.0385. The van der Waals surface area contributed by atoms with Crippen molar-refractivity contribution >= 4 is 29.3 Å². The van der Waals surface area contributed by atoms with Gasteiger partial charge >= 0.3 is 0 Å². The van der Waals surface area contributed by atoms with Crippen molar-refractivity contribution in [2.75, 3.05) is 19.4 Å². The van der Waals surface area contributed by atoms with Crippen molar-refractivity contribution < 1.29 is 24.4 Å². The first-order valence-electron chi connectivity index (χ1n) is 7.54. The van der Waals surface area contributed by atoms with Crippen molar-refractivity contribution in [2.45, 2.75) is 24.6 Å². The zero-order chi connectivity index (χ0) is 18.7. The lowest BCUT2D eigenvalue weighted by Gasteiger charge is -2.23. The Labute approximate surface area is 148 Å². The molecule has 2 rings (SSSR count). The second-order valence-corrected chi connectivity index (χ2v) is 6.78. The molecule has 2 atom stereocenters. The van der Waals surface area contributed by atoms with Crippen LogP contribution in [0.2, 0.25) is 0 Å². The molecule has 1 aliphatic rings. The Balaban J connectivity index is 2.39. The van der Waals surface area contributed by atoms with Gasteiger partial charge in [-0.1, -0.05) is 0 Å². The van der Waals surface area contributed by atoms with Crippen LogP contribution >= 0.6 is 11.8 Å². The summed E-state index contributed by atoms with van der Waals surface area (Å²) in [4.78, 5) is 36.5. The van der Waals surface area contributed by atoms with Gasteiger partial charge in [0, 0.05) is 18.7 Å². The lowest BCUT2D eigenvalue weighted by molar-refractivity contribution is -0.385. The summed E-state index contributed by atoms with van der Waals surface area (Å²) in [6.45, 7) is 1.92. The Bertz CT molecular complexity index is 711. The van der Waals surface area contributed by atoms with Crippen LogP contribution in [0.4, 0.5) is 5.69 Å². The van der Waals surface area contributed by atoms with Crippen LogP contribution in [0, 0.1) is 10.1 Å². The highest BCUT2D eigenvalue weighted by molar-refractivity contribution is 8.00. The van der Waals surface area contributed by atoms with Crippen molar-refractivity contribution in [3.8, 4) is 11.5 Å². The Morgan fingerprint density at radius 2 is 2.20 bits per heavy atom. The molecule has 10 heteroatoms. The SMILES string of the molecule is COc1cc(C(C)N2C(=O)CC(SCCN)C2=O)c([N+](=O)[O-])cc1O. The lowest BCUT2D eigenvalue weighted by atomic mass is 10.0. The highest BCUT2D eigenvalue weighted by Crippen LogP contribution is 2.40. The number of methoxy groups -OCH3 is 1. The average Bonchev–Trinajstić information content (AvgIpc) is 2.85. The van der Waals surface area contributed by atoms with Gasteiger partial charge in [0.05, 0.1) is 35.0 Å². The van der Waals surface area contributed by atoms with Crippen LogP contribution in [0.25, 0.3) is 0 Å². The van der Waals surface area contributed by atoms with E-state index in [2.05, 4.69) is 0 Å². The zero-order valence-corrected chi connectivity index (χ0v) is 14.6. The molecule has 0 aromatic heterocycles. The molecule has 9 nitrogen and oxygen atoms in total. The highest BCUT2D eigenvalue weighted by Gasteiger charge is 2.43. The van der Waals surface area contributed by atoms with E-state index in [0.717, 1.165) is 11.0 Å². The van der Waals surface area contributed by atoms with Crippen molar-refractivity contribution in [1.29, 1.82) is 0 Å². The second-order valence-electron chi connectivity index (χ2n) is 5.47. The van der Waals surface area contributed by atoms with E-state index in [-0.39, 0.29) is 29.2 Å². The normalized spacial score (nSPS) is 18.5.